The molecule has 0 aromatic carbocycles. The molecular formula is C18H16F3N5O4. The van der Waals surface area contributed by atoms with Crippen molar-refractivity contribution in [2.24, 2.45) is 0 Å². The maximum absolute atomic E-state index is 12.7. The van der Waals surface area contributed by atoms with Crippen LogP contribution < -0.4 is 4.90 Å². The molecule has 2 aromatic heterocycles. The highest BCUT2D eigenvalue weighted by atomic mass is 19.4. The third-order valence-corrected chi connectivity index (χ3v) is 4.75. The van der Waals surface area contributed by atoms with Crippen LogP contribution in [0.4, 0.5) is 18.9 Å². The van der Waals surface area contributed by atoms with E-state index in [1.807, 2.05) is 12.1 Å². The van der Waals surface area contributed by atoms with Crippen molar-refractivity contribution in [1.82, 2.24) is 20.1 Å². The van der Waals surface area contributed by atoms with Crippen LogP contribution in [0.2, 0.25) is 0 Å². The van der Waals surface area contributed by atoms with E-state index < -0.39 is 12.1 Å². The predicted octanol–water partition coefficient (Wildman–Crippen LogP) is 1.52. The number of aromatic nitrogens is 3. The highest BCUT2D eigenvalue weighted by Gasteiger charge is 2.49. The van der Waals surface area contributed by atoms with Gasteiger partial charge in [-0.05, 0) is 24.6 Å². The molecule has 0 saturated carbocycles. The van der Waals surface area contributed by atoms with Gasteiger partial charge in [-0.25, -0.2) is 4.79 Å². The van der Waals surface area contributed by atoms with Crippen molar-refractivity contribution >= 4 is 23.5 Å². The fourth-order valence-electron chi connectivity index (χ4n) is 3.51. The SMILES string of the molecule is O=C(O)C(F)(F)F.O=C(c1ccnnc1)N1CCC2C1CC(=O)N2c1cccnc1. The van der Waals surface area contributed by atoms with Gasteiger partial charge in [-0.3, -0.25) is 14.6 Å². The summed E-state index contributed by atoms with van der Waals surface area (Å²) in [5, 5.41) is 14.6. The number of alkyl halides is 3. The highest BCUT2D eigenvalue weighted by Crippen LogP contribution is 2.36. The van der Waals surface area contributed by atoms with Crippen LogP contribution in [0.3, 0.4) is 0 Å². The summed E-state index contributed by atoms with van der Waals surface area (Å²) >= 11 is 0. The number of amides is 2. The summed E-state index contributed by atoms with van der Waals surface area (Å²) in [5.74, 6) is -2.81. The van der Waals surface area contributed by atoms with Crippen LogP contribution in [0.25, 0.3) is 0 Å². The third kappa shape index (κ3) is 4.36. The molecule has 2 atom stereocenters. The fourth-order valence-corrected chi connectivity index (χ4v) is 3.51. The van der Waals surface area contributed by atoms with Crippen molar-refractivity contribution in [1.29, 1.82) is 0 Å². The second kappa shape index (κ2) is 8.43. The Kier molecular flexibility index (Phi) is 5.94. The molecule has 4 heterocycles. The van der Waals surface area contributed by atoms with Gasteiger partial charge in [-0.2, -0.15) is 23.4 Å². The Morgan fingerprint density at radius 2 is 1.83 bits per heavy atom. The van der Waals surface area contributed by atoms with Gasteiger partial charge in [-0.15, -0.1) is 0 Å². The van der Waals surface area contributed by atoms with E-state index in [9.17, 15) is 22.8 Å². The summed E-state index contributed by atoms with van der Waals surface area (Å²) < 4.78 is 31.7. The molecule has 9 nitrogen and oxygen atoms in total. The summed E-state index contributed by atoms with van der Waals surface area (Å²) in [6.07, 6.45) is 2.38. The Labute approximate surface area is 168 Å². The number of hydrogen-bond donors (Lipinski definition) is 1. The minimum atomic E-state index is -5.08. The number of pyridine rings is 1. The van der Waals surface area contributed by atoms with Gasteiger partial charge < -0.3 is 14.9 Å². The first-order valence-electron chi connectivity index (χ1n) is 8.80. The largest absolute Gasteiger partial charge is 0.490 e. The van der Waals surface area contributed by atoms with E-state index in [1.165, 1.54) is 12.4 Å². The molecule has 0 spiro atoms. The number of carbonyl (C=O) groups excluding carboxylic acids is 2. The first-order valence-corrected chi connectivity index (χ1v) is 8.80. The van der Waals surface area contributed by atoms with Gasteiger partial charge in [0.15, 0.2) is 0 Å². The number of carbonyl (C=O) groups is 3. The van der Waals surface area contributed by atoms with Crippen LogP contribution in [0.1, 0.15) is 23.2 Å². The van der Waals surface area contributed by atoms with Crippen molar-refractivity contribution in [3.8, 4) is 0 Å². The maximum Gasteiger partial charge on any atom is 0.490 e. The number of hydrogen-bond acceptors (Lipinski definition) is 6. The topological polar surface area (TPSA) is 117 Å². The number of nitrogens with zero attached hydrogens (tertiary/aromatic N) is 5. The second-order valence-corrected chi connectivity index (χ2v) is 6.54. The lowest BCUT2D eigenvalue weighted by Crippen LogP contribution is -2.40. The van der Waals surface area contributed by atoms with Crippen LogP contribution in [-0.4, -0.2) is 67.8 Å². The van der Waals surface area contributed by atoms with Crippen LogP contribution in [0, 0.1) is 0 Å². The number of rotatable bonds is 2. The molecule has 158 valence electrons. The van der Waals surface area contributed by atoms with Gasteiger partial charge in [0.25, 0.3) is 5.91 Å². The molecule has 0 radical (unpaired) electrons. The maximum atomic E-state index is 12.7. The lowest BCUT2D eigenvalue weighted by molar-refractivity contribution is -0.192. The second-order valence-electron chi connectivity index (χ2n) is 6.54. The van der Waals surface area contributed by atoms with E-state index in [-0.39, 0.29) is 23.9 Å². The monoisotopic (exact) mass is 423 g/mol. The zero-order valence-electron chi connectivity index (χ0n) is 15.4. The van der Waals surface area contributed by atoms with Crippen LogP contribution >= 0.6 is 0 Å². The zero-order valence-corrected chi connectivity index (χ0v) is 15.4. The predicted molar refractivity (Wildman–Crippen MR) is 95.3 cm³/mol. The Bertz CT molecular complexity index is 926. The molecule has 2 saturated heterocycles. The van der Waals surface area contributed by atoms with Crippen molar-refractivity contribution in [2.45, 2.75) is 31.1 Å². The van der Waals surface area contributed by atoms with E-state index >= 15 is 0 Å². The van der Waals surface area contributed by atoms with E-state index in [4.69, 9.17) is 9.90 Å². The van der Waals surface area contributed by atoms with Crippen molar-refractivity contribution < 1.29 is 32.7 Å². The average Bonchev–Trinajstić information content (AvgIpc) is 3.26. The smallest absolute Gasteiger partial charge is 0.475 e. The summed E-state index contributed by atoms with van der Waals surface area (Å²) in [6, 6.07) is 5.27. The summed E-state index contributed by atoms with van der Waals surface area (Å²) in [6.45, 7) is 0.639. The van der Waals surface area contributed by atoms with Crippen LogP contribution in [0.15, 0.2) is 43.0 Å². The molecule has 4 rings (SSSR count). The number of anilines is 1. The number of aliphatic carboxylic acids is 1. The molecule has 2 aliphatic rings. The van der Waals surface area contributed by atoms with E-state index in [2.05, 4.69) is 15.2 Å². The standard InChI is InChI=1S/C16H15N5O2.C2HF3O2/c22-15-8-14-13(21(15)12-2-1-5-17-10-12)4-7-20(14)16(23)11-3-6-18-19-9-11;3-2(4,5)1(6)7/h1-3,5-6,9-10,13-14H,4,7-8H2;(H,6,7). The highest BCUT2D eigenvalue weighted by molar-refractivity contribution is 6.00. The number of halogens is 3. The number of fused-ring (bicyclic) bond motifs is 1. The van der Waals surface area contributed by atoms with E-state index in [0.29, 0.717) is 18.5 Å². The molecule has 12 heteroatoms. The molecule has 30 heavy (non-hydrogen) atoms. The average molecular weight is 423 g/mol. The van der Waals surface area contributed by atoms with Gasteiger partial charge in [0.2, 0.25) is 5.91 Å². The van der Waals surface area contributed by atoms with E-state index in [0.717, 1.165) is 12.1 Å². The number of carboxylic acids is 1. The third-order valence-electron chi connectivity index (χ3n) is 4.75. The van der Waals surface area contributed by atoms with Gasteiger partial charge in [-0.1, -0.05) is 0 Å². The van der Waals surface area contributed by atoms with Crippen LogP contribution in [-0.2, 0) is 9.59 Å². The molecule has 0 bridgehead atoms. The first kappa shape index (κ1) is 21.1. The van der Waals surface area contributed by atoms with E-state index in [1.54, 1.807) is 28.3 Å². The summed E-state index contributed by atoms with van der Waals surface area (Å²) in [5.41, 5.74) is 1.30. The molecule has 2 fully saturated rings. The summed E-state index contributed by atoms with van der Waals surface area (Å²) in [7, 11) is 0. The van der Waals surface area contributed by atoms with Gasteiger partial charge in [0.05, 0.1) is 41.9 Å². The van der Waals surface area contributed by atoms with Crippen LogP contribution in [0.5, 0.6) is 0 Å². The number of likely N-dealkylation sites (tertiary alicyclic amines) is 1. The minimum absolute atomic E-state index is 0.0189. The fraction of sp³-hybridized carbons (Fsp3) is 0.333. The quantitative estimate of drug-likeness (QED) is 0.779. The minimum Gasteiger partial charge on any atom is -0.475 e. The first-order chi connectivity index (χ1) is 14.2. The normalized spacial score (nSPS) is 20.4. The van der Waals surface area contributed by atoms with Gasteiger partial charge in [0.1, 0.15) is 0 Å². The molecule has 2 aliphatic heterocycles. The van der Waals surface area contributed by atoms with Crippen molar-refractivity contribution in [3.63, 3.8) is 0 Å². The van der Waals surface area contributed by atoms with Gasteiger partial charge >= 0.3 is 12.1 Å². The summed E-state index contributed by atoms with van der Waals surface area (Å²) in [4.78, 5) is 41.6. The molecular weight excluding hydrogens is 407 g/mol. The van der Waals surface area contributed by atoms with Gasteiger partial charge in [0, 0.05) is 19.2 Å². The van der Waals surface area contributed by atoms with Crippen molar-refractivity contribution in [2.75, 3.05) is 11.4 Å². The Morgan fingerprint density at radius 3 is 2.40 bits per heavy atom. The molecule has 2 amide bonds. The molecule has 0 aliphatic carbocycles. The Hall–Kier alpha value is -3.57. The molecule has 1 N–H and O–H groups in total. The number of carboxylic acid groups (broad SMARTS) is 1. The van der Waals surface area contributed by atoms with Crippen molar-refractivity contribution in [3.05, 3.63) is 48.5 Å². The lowest BCUT2D eigenvalue weighted by atomic mass is 10.1. The lowest BCUT2D eigenvalue weighted by Gasteiger charge is -2.25. The molecule has 2 aromatic rings. The Morgan fingerprint density at radius 1 is 1.10 bits per heavy atom. The Balaban J connectivity index is 0.000000318. The molecule has 2 unspecified atom stereocenters. The zero-order chi connectivity index (χ0) is 21.9.